The molecular weight excluding hydrogens is 270 g/mol. The minimum absolute atomic E-state index is 0.102. The van der Waals surface area contributed by atoms with Crippen molar-refractivity contribution in [3.8, 4) is 5.75 Å². The molecule has 2 amide bonds. The highest BCUT2D eigenvalue weighted by atomic mass is 19.3. The van der Waals surface area contributed by atoms with Gasteiger partial charge in [0.1, 0.15) is 5.75 Å². The van der Waals surface area contributed by atoms with Crippen molar-refractivity contribution in [1.29, 1.82) is 0 Å². The van der Waals surface area contributed by atoms with Gasteiger partial charge < -0.3 is 15.4 Å². The van der Waals surface area contributed by atoms with Gasteiger partial charge in [0.15, 0.2) is 0 Å². The largest absolute Gasteiger partial charge is 0.435 e. The quantitative estimate of drug-likeness (QED) is 0.827. The first-order valence-electron chi connectivity index (χ1n) is 6.17. The number of carbonyl (C=O) groups excluding carboxylic acids is 2. The van der Waals surface area contributed by atoms with Crippen LogP contribution in [0.25, 0.3) is 0 Å². The summed E-state index contributed by atoms with van der Waals surface area (Å²) in [5.41, 5.74) is 0.155. The summed E-state index contributed by atoms with van der Waals surface area (Å²) in [7, 11) is 0. The minimum atomic E-state index is -2.95. The van der Waals surface area contributed by atoms with E-state index in [1.807, 2.05) is 0 Å². The van der Waals surface area contributed by atoms with E-state index in [9.17, 15) is 18.4 Å². The highest BCUT2D eigenvalue weighted by Gasteiger charge is 2.23. The summed E-state index contributed by atoms with van der Waals surface area (Å²) in [6.07, 6.45) is 1.93. The Bertz CT molecular complexity index is 504. The van der Waals surface area contributed by atoms with Crippen molar-refractivity contribution in [3.05, 3.63) is 29.8 Å². The smallest absolute Gasteiger partial charge is 0.387 e. The van der Waals surface area contributed by atoms with Crippen molar-refractivity contribution < 1.29 is 23.1 Å². The molecule has 1 fully saturated rings. The van der Waals surface area contributed by atoms with E-state index in [0.717, 1.165) is 12.8 Å². The Balaban J connectivity index is 1.86. The molecule has 1 saturated carbocycles. The molecule has 0 radical (unpaired) electrons. The molecule has 0 bridgehead atoms. The van der Waals surface area contributed by atoms with E-state index >= 15 is 0 Å². The summed E-state index contributed by atoms with van der Waals surface area (Å²) in [5, 5.41) is 5.14. The van der Waals surface area contributed by atoms with Gasteiger partial charge in [-0.25, -0.2) is 0 Å². The lowest BCUT2D eigenvalue weighted by molar-refractivity contribution is -0.120. The summed E-state index contributed by atoms with van der Waals surface area (Å²) < 4.78 is 28.3. The maximum atomic E-state index is 12.1. The molecule has 0 atom stereocenters. The first-order chi connectivity index (χ1) is 9.54. The van der Waals surface area contributed by atoms with E-state index in [0.29, 0.717) is 0 Å². The van der Waals surface area contributed by atoms with Crippen LogP contribution in [-0.4, -0.2) is 31.0 Å². The lowest BCUT2D eigenvalue weighted by Gasteiger charge is -2.08. The molecule has 1 aromatic rings. The topological polar surface area (TPSA) is 67.4 Å². The van der Waals surface area contributed by atoms with Crippen LogP contribution >= 0.6 is 0 Å². The molecule has 0 unspecified atom stereocenters. The molecule has 0 heterocycles. The molecule has 1 aliphatic carbocycles. The molecule has 0 aliphatic heterocycles. The Kier molecular flexibility index (Phi) is 4.49. The van der Waals surface area contributed by atoms with Crippen molar-refractivity contribution in [3.63, 3.8) is 0 Å². The second-order valence-corrected chi connectivity index (χ2v) is 4.43. The van der Waals surface area contributed by atoms with Crippen LogP contribution in [0.15, 0.2) is 24.3 Å². The Labute approximate surface area is 114 Å². The molecule has 2 rings (SSSR count). The minimum Gasteiger partial charge on any atom is -0.435 e. The van der Waals surface area contributed by atoms with Gasteiger partial charge in [-0.1, -0.05) is 6.07 Å². The van der Waals surface area contributed by atoms with E-state index in [-0.39, 0.29) is 29.8 Å². The van der Waals surface area contributed by atoms with Crippen LogP contribution in [0.5, 0.6) is 5.75 Å². The molecule has 1 aliphatic rings. The standard InChI is InChI=1S/C13H14F2N2O3/c14-13(15)20-10-3-1-2-8(6-10)12(19)16-7-11(18)17-9-4-5-9/h1-3,6,9,13H,4-5,7H2,(H,16,19)(H,17,18). The average Bonchev–Trinajstić information content (AvgIpc) is 3.19. The third kappa shape index (κ3) is 4.49. The van der Waals surface area contributed by atoms with Crippen LogP contribution in [0.2, 0.25) is 0 Å². The Hall–Kier alpha value is -2.18. The monoisotopic (exact) mass is 284 g/mol. The molecule has 0 saturated heterocycles. The second-order valence-electron chi connectivity index (χ2n) is 4.43. The SMILES string of the molecule is O=C(CNC(=O)c1cccc(OC(F)F)c1)NC1CC1. The first-order valence-corrected chi connectivity index (χ1v) is 6.17. The molecule has 7 heteroatoms. The van der Waals surface area contributed by atoms with Gasteiger partial charge in [-0.05, 0) is 31.0 Å². The summed E-state index contributed by atoms with van der Waals surface area (Å²) in [6.45, 7) is -3.09. The van der Waals surface area contributed by atoms with Crippen LogP contribution in [0.3, 0.4) is 0 Å². The molecule has 5 nitrogen and oxygen atoms in total. The van der Waals surface area contributed by atoms with Gasteiger partial charge in [0.2, 0.25) is 5.91 Å². The fourth-order valence-electron chi connectivity index (χ4n) is 1.58. The summed E-state index contributed by atoms with van der Waals surface area (Å²) in [6, 6.07) is 5.62. The zero-order chi connectivity index (χ0) is 14.5. The number of rotatable bonds is 6. The number of amides is 2. The number of ether oxygens (including phenoxy) is 1. The lowest BCUT2D eigenvalue weighted by Crippen LogP contribution is -2.37. The van der Waals surface area contributed by atoms with Gasteiger partial charge in [0.05, 0.1) is 6.54 Å². The van der Waals surface area contributed by atoms with Crippen LogP contribution in [-0.2, 0) is 4.79 Å². The maximum Gasteiger partial charge on any atom is 0.387 e. The van der Waals surface area contributed by atoms with Crippen LogP contribution in [0.1, 0.15) is 23.2 Å². The van der Waals surface area contributed by atoms with Crippen LogP contribution in [0.4, 0.5) is 8.78 Å². The predicted molar refractivity (Wildman–Crippen MR) is 66.6 cm³/mol. The number of benzene rings is 1. The summed E-state index contributed by atoms with van der Waals surface area (Å²) in [5.74, 6) is -0.883. The second kappa shape index (κ2) is 6.31. The average molecular weight is 284 g/mol. The van der Waals surface area contributed by atoms with E-state index in [4.69, 9.17) is 0 Å². The van der Waals surface area contributed by atoms with Crippen molar-refractivity contribution >= 4 is 11.8 Å². The number of carbonyl (C=O) groups is 2. The Morgan fingerprint density at radius 2 is 2.10 bits per heavy atom. The van der Waals surface area contributed by atoms with E-state index < -0.39 is 12.5 Å². The normalized spacial score (nSPS) is 13.9. The molecule has 20 heavy (non-hydrogen) atoms. The Morgan fingerprint density at radius 1 is 1.35 bits per heavy atom. The molecule has 108 valence electrons. The molecular formula is C13H14F2N2O3. The third-order valence-electron chi connectivity index (χ3n) is 2.67. The number of halogens is 2. The van der Waals surface area contributed by atoms with Crippen molar-refractivity contribution in [2.24, 2.45) is 0 Å². The highest BCUT2D eigenvalue weighted by molar-refractivity contribution is 5.96. The van der Waals surface area contributed by atoms with Crippen LogP contribution < -0.4 is 15.4 Å². The van der Waals surface area contributed by atoms with Gasteiger partial charge in [0.25, 0.3) is 5.91 Å². The Morgan fingerprint density at radius 3 is 2.75 bits per heavy atom. The maximum absolute atomic E-state index is 12.1. The fourth-order valence-corrected chi connectivity index (χ4v) is 1.58. The molecule has 1 aromatic carbocycles. The van der Waals surface area contributed by atoms with Crippen molar-refractivity contribution in [2.45, 2.75) is 25.5 Å². The molecule has 2 N–H and O–H groups in total. The lowest BCUT2D eigenvalue weighted by atomic mass is 10.2. The van der Waals surface area contributed by atoms with Gasteiger partial charge >= 0.3 is 6.61 Å². The van der Waals surface area contributed by atoms with E-state index in [2.05, 4.69) is 15.4 Å². The van der Waals surface area contributed by atoms with E-state index in [1.54, 1.807) is 0 Å². The molecule has 0 spiro atoms. The summed E-state index contributed by atoms with van der Waals surface area (Å²) in [4.78, 5) is 23.1. The van der Waals surface area contributed by atoms with Gasteiger partial charge in [-0.2, -0.15) is 8.78 Å². The van der Waals surface area contributed by atoms with Gasteiger partial charge in [0, 0.05) is 11.6 Å². The number of nitrogens with one attached hydrogen (secondary N) is 2. The zero-order valence-electron chi connectivity index (χ0n) is 10.6. The third-order valence-corrected chi connectivity index (χ3v) is 2.67. The number of hydrogen-bond donors (Lipinski definition) is 2. The van der Waals surface area contributed by atoms with Crippen molar-refractivity contribution in [1.82, 2.24) is 10.6 Å². The van der Waals surface area contributed by atoms with Crippen molar-refractivity contribution in [2.75, 3.05) is 6.54 Å². The van der Waals surface area contributed by atoms with Gasteiger partial charge in [-0.15, -0.1) is 0 Å². The summed E-state index contributed by atoms with van der Waals surface area (Å²) >= 11 is 0. The predicted octanol–water partition coefficient (Wildman–Crippen LogP) is 1.30. The van der Waals surface area contributed by atoms with Crippen LogP contribution in [0, 0.1) is 0 Å². The number of alkyl halides is 2. The first kappa shape index (κ1) is 14.2. The molecule has 0 aromatic heterocycles. The van der Waals surface area contributed by atoms with Gasteiger partial charge in [-0.3, -0.25) is 9.59 Å². The zero-order valence-corrected chi connectivity index (χ0v) is 10.6. The highest BCUT2D eigenvalue weighted by Crippen LogP contribution is 2.18. The fraction of sp³-hybridized carbons (Fsp3) is 0.385. The number of hydrogen-bond acceptors (Lipinski definition) is 3. The van der Waals surface area contributed by atoms with E-state index in [1.165, 1.54) is 24.3 Å².